The van der Waals surface area contributed by atoms with Crippen LogP contribution < -0.4 is 5.84 Å². The highest BCUT2D eigenvalue weighted by Gasteiger charge is 2.14. The Kier molecular flexibility index (Phi) is 3.01. The van der Waals surface area contributed by atoms with Gasteiger partial charge in [-0.25, -0.2) is 9.77 Å². The number of nitrogens with zero attached hydrogens (tertiary/aromatic N) is 4. The minimum atomic E-state index is 0.398. The first-order chi connectivity index (χ1) is 7.99. The molecule has 0 saturated carbocycles. The number of nitrogens with two attached hydrogens (primary N) is 1. The summed E-state index contributed by atoms with van der Waals surface area (Å²) in [6, 6.07) is 1.96. The van der Waals surface area contributed by atoms with Crippen molar-refractivity contribution in [1.82, 2.24) is 24.7 Å². The molecule has 0 aliphatic heterocycles. The van der Waals surface area contributed by atoms with Crippen molar-refractivity contribution in [3.8, 4) is 11.5 Å². The molecule has 0 aliphatic carbocycles. The van der Waals surface area contributed by atoms with Gasteiger partial charge in [-0.1, -0.05) is 13.8 Å². The van der Waals surface area contributed by atoms with Crippen molar-refractivity contribution in [1.29, 1.82) is 0 Å². The van der Waals surface area contributed by atoms with Gasteiger partial charge in [0, 0.05) is 6.54 Å². The molecule has 2 heterocycles. The van der Waals surface area contributed by atoms with Crippen LogP contribution in [0.5, 0.6) is 0 Å². The number of aromatic amines is 1. The molecular formula is C10H16N6S. The molecule has 2 aromatic rings. The number of hydrogen-bond donors (Lipinski definition) is 2. The minimum absolute atomic E-state index is 0.398. The summed E-state index contributed by atoms with van der Waals surface area (Å²) in [5, 5.41) is 11.2. The number of nitrogen functional groups attached to an aromatic ring is 1. The SMILES string of the molecule is Cc1cc(-c2n[nH]c(=S)n2N)n(CC(C)C)n1. The van der Waals surface area contributed by atoms with Gasteiger partial charge >= 0.3 is 0 Å². The fourth-order valence-electron chi connectivity index (χ4n) is 1.70. The van der Waals surface area contributed by atoms with E-state index >= 15 is 0 Å². The fraction of sp³-hybridized carbons (Fsp3) is 0.500. The topological polar surface area (TPSA) is 77.5 Å². The summed E-state index contributed by atoms with van der Waals surface area (Å²) in [7, 11) is 0. The van der Waals surface area contributed by atoms with E-state index in [1.54, 1.807) is 0 Å². The smallest absolute Gasteiger partial charge is 0.214 e. The van der Waals surface area contributed by atoms with E-state index < -0.39 is 0 Å². The zero-order valence-corrected chi connectivity index (χ0v) is 11.0. The van der Waals surface area contributed by atoms with Crippen molar-refractivity contribution in [3.63, 3.8) is 0 Å². The lowest BCUT2D eigenvalue weighted by Gasteiger charge is -2.08. The lowest BCUT2D eigenvalue weighted by atomic mass is 10.2. The van der Waals surface area contributed by atoms with Crippen LogP contribution in [0.1, 0.15) is 19.5 Å². The molecule has 0 amide bonds. The molecule has 0 radical (unpaired) electrons. The third-order valence-corrected chi connectivity index (χ3v) is 2.66. The molecule has 17 heavy (non-hydrogen) atoms. The first kappa shape index (κ1) is 11.8. The second kappa shape index (κ2) is 4.33. The highest BCUT2D eigenvalue weighted by Crippen LogP contribution is 2.18. The van der Waals surface area contributed by atoms with Crippen molar-refractivity contribution < 1.29 is 0 Å². The van der Waals surface area contributed by atoms with Crippen LogP contribution >= 0.6 is 12.2 Å². The monoisotopic (exact) mass is 252 g/mol. The quantitative estimate of drug-likeness (QED) is 0.641. The summed E-state index contributed by atoms with van der Waals surface area (Å²) in [4.78, 5) is 0. The van der Waals surface area contributed by atoms with Crippen LogP contribution in [0, 0.1) is 17.6 Å². The van der Waals surface area contributed by atoms with Crippen LogP contribution in [0.25, 0.3) is 11.5 Å². The van der Waals surface area contributed by atoms with Crippen molar-refractivity contribution in [3.05, 3.63) is 16.5 Å². The second-order valence-corrected chi connectivity index (χ2v) is 4.86. The van der Waals surface area contributed by atoms with Gasteiger partial charge in [-0.05, 0) is 31.1 Å². The normalized spacial score (nSPS) is 11.3. The van der Waals surface area contributed by atoms with Crippen molar-refractivity contribution in [2.45, 2.75) is 27.3 Å². The van der Waals surface area contributed by atoms with Gasteiger partial charge in [0.05, 0.1) is 5.69 Å². The number of hydrogen-bond acceptors (Lipinski definition) is 4. The van der Waals surface area contributed by atoms with E-state index in [-0.39, 0.29) is 0 Å². The van der Waals surface area contributed by atoms with Gasteiger partial charge < -0.3 is 5.84 Å². The first-order valence-corrected chi connectivity index (χ1v) is 5.87. The van der Waals surface area contributed by atoms with E-state index in [2.05, 4.69) is 29.1 Å². The molecule has 0 fully saturated rings. The lowest BCUT2D eigenvalue weighted by Crippen LogP contribution is -2.14. The molecule has 0 bridgehead atoms. The summed E-state index contributed by atoms with van der Waals surface area (Å²) in [5.41, 5.74) is 1.82. The first-order valence-electron chi connectivity index (χ1n) is 5.46. The van der Waals surface area contributed by atoms with Crippen LogP contribution in [0.4, 0.5) is 0 Å². The molecule has 2 aromatic heterocycles. The Bertz CT molecular complexity index is 576. The Morgan fingerprint density at radius 1 is 1.53 bits per heavy atom. The van der Waals surface area contributed by atoms with Gasteiger partial charge in [-0.2, -0.15) is 10.2 Å². The van der Waals surface area contributed by atoms with Crippen molar-refractivity contribution >= 4 is 12.2 Å². The fourth-order valence-corrected chi connectivity index (χ4v) is 1.83. The highest BCUT2D eigenvalue weighted by molar-refractivity contribution is 7.71. The maximum absolute atomic E-state index is 5.82. The minimum Gasteiger partial charge on any atom is -0.335 e. The summed E-state index contributed by atoms with van der Waals surface area (Å²) >= 11 is 5.00. The standard InChI is InChI=1S/C10H16N6S/c1-6(2)5-15-8(4-7(3)14-15)9-12-13-10(17)16(9)11/h4,6H,5,11H2,1-3H3,(H,13,17). The van der Waals surface area contributed by atoms with E-state index in [0.717, 1.165) is 17.9 Å². The van der Waals surface area contributed by atoms with Crippen LogP contribution in [-0.2, 0) is 6.54 Å². The van der Waals surface area contributed by atoms with Gasteiger partial charge in [0.1, 0.15) is 5.69 Å². The molecule has 0 unspecified atom stereocenters. The van der Waals surface area contributed by atoms with Crippen molar-refractivity contribution in [2.24, 2.45) is 5.92 Å². The number of aromatic nitrogens is 5. The average molecular weight is 252 g/mol. The number of H-pyrrole nitrogens is 1. The molecule has 0 spiro atoms. The van der Waals surface area contributed by atoms with Crippen LogP contribution in [0.15, 0.2) is 6.07 Å². The molecular weight excluding hydrogens is 236 g/mol. The van der Waals surface area contributed by atoms with Crippen LogP contribution in [0.2, 0.25) is 0 Å². The Morgan fingerprint density at radius 2 is 2.24 bits per heavy atom. The largest absolute Gasteiger partial charge is 0.335 e. The van der Waals surface area contributed by atoms with Gasteiger partial charge in [-0.15, -0.1) is 0 Å². The molecule has 0 aliphatic rings. The molecule has 2 rings (SSSR count). The van der Waals surface area contributed by atoms with Crippen LogP contribution in [0.3, 0.4) is 0 Å². The summed E-state index contributed by atoms with van der Waals surface area (Å²) in [6.45, 7) is 7.05. The maximum Gasteiger partial charge on any atom is 0.214 e. The van der Waals surface area contributed by atoms with Gasteiger partial charge in [0.15, 0.2) is 5.82 Å². The molecule has 92 valence electrons. The molecule has 0 saturated heterocycles. The zero-order chi connectivity index (χ0) is 12.6. The van der Waals surface area contributed by atoms with E-state index in [0.29, 0.717) is 16.5 Å². The number of aryl methyl sites for hydroxylation is 1. The predicted molar refractivity (Wildman–Crippen MR) is 68.4 cm³/mol. The van der Waals surface area contributed by atoms with Crippen LogP contribution in [-0.4, -0.2) is 24.7 Å². The highest BCUT2D eigenvalue weighted by atomic mass is 32.1. The lowest BCUT2D eigenvalue weighted by molar-refractivity contribution is 0.484. The van der Waals surface area contributed by atoms with Gasteiger partial charge in [-0.3, -0.25) is 4.68 Å². The van der Waals surface area contributed by atoms with E-state index in [9.17, 15) is 0 Å². The average Bonchev–Trinajstić information content (AvgIpc) is 2.72. The van der Waals surface area contributed by atoms with E-state index in [4.69, 9.17) is 18.1 Å². The molecule has 7 heteroatoms. The zero-order valence-electron chi connectivity index (χ0n) is 10.1. The molecule has 0 aromatic carbocycles. The Morgan fingerprint density at radius 3 is 2.76 bits per heavy atom. The third kappa shape index (κ3) is 2.23. The second-order valence-electron chi connectivity index (χ2n) is 4.47. The number of rotatable bonds is 3. The van der Waals surface area contributed by atoms with Crippen molar-refractivity contribution in [2.75, 3.05) is 5.84 Å². The summed E-state index contributed by atoms with van der Waals surface area (Å²) in [5.74, 6) is 6.93. The third-order valence-electron chi connectivity index (χ3n) is 2.37. The Labute approximate surface area is 104 Å². The summed E-state index contributed by atoms with van der Waals surface area (Å²) in [6.07, 6.45) is 0. The Balaban J connectivity index is 2.51. The van der Waals surface area contributed by atoms with E-state index in [1.807, 2.05) is 17.7 Å². The van der Waals surface area contributed by atoms with E-state index in [1.165, 1.54) is 4.68 Å². The maximum atomic E-state index is 5.82. The van der Waals surface area contributed by atoms with Gasteiger partial charge in [0.2, 0.25) is 4.77 Å². The molecule has 0 atom stereocenters. The predicted octanol–water partition coefficient (Wildman–Crippen LogP) is 1.48. The summed E-state index contributed by atoms with van der Waals surface area (Å²) < 4.78 is 3.67. The Hall–Kier alpha value is -1.63. The molecule has 3 N–H and O–H groups in total. The van der Waals surface area contributed by atoms with Gasteiger partial charge in [0.25, 0.3) is 0 Å². The number of nitrogens with one attached hydrogen (secondary N) is 1. The molecule has 6 nitrogen and oxygen atoms in total.